The first-order chi connectivity index (χ1) is 9.65. The zero-order valence-corrected chi connectivity index (χ0v) is 12.7. The van der Waals surface area contributed by atoms with Gasteiger partial charge in [-0.1, -0.05) is 30.3 Å². The first-order valence-corrected chi connectivity index (χ1v) is 7.15. The summed E-state index contributed by atoms with van der Waals surface area (Å²) >= 11 is 0. The number of piperidine rings is 1. The third-order valence-corrected chi connectivity index (χ3v) is 4.43. The Labute approximate surface area is 130 Å². The number of halogens is 1. The van der Waals surface area contributed by atoms with Gasteiger partial charge in [0.1, 0.15) is 0 Å². The van der Waals surface area contributed by atoms with Crippen LogP contribution in [-0.4, -0.2) is 29.9 Å². The maximum atomic E-state index is 11.5. The summed E-state index contributed by atoms with van der Waals surface area (Å²) in [7, 11) is 0. The lowest BCUT2D eigenvalue weighted by molar-refractivity contribution is -0.171. The molecule has 0 radical (unpaired) electrons. The van der Waals surface area contributed by atoms with Crippen molar-refractivity contribution in [2.75, 3.05) is 13.1 Å². The lowest BCUT2D eigenvalue weighted by atomic mass is 9.72. The van der Waals surface area contributed by atoms with Crippen molar-refractivity contribution in [3.8, 4) is 0 Å². The number of nitrogens with zero attached hydrogens (tertiary/aromatic N) is 1. The van der Waals surface area contributed by atoms with Crippen molar-refractivity contribution in [3.63, 3.8) is 0 Å². The molecule has 3 rings (SSSR count). The van der Waals surface area contributed by atoms with E-state index in [0.29, 0.717) is 12.8 Å². The van der Waals surface area contributed by atoms with Gasteiger partial charge in [-0.2, -0.15) is 0 Å². The Kier molecular flexibility index (Phi) is 5.01. The van der Waals surface area contributed by atoms with Crippen molar-refractivity contribution < 1.29 is 14.3 Å². The number of ether oxygens (including phenoxy) is 1. The molecule has 0 aliphatic carbocycles. The maximum absolute atomic E-state index is 11.5. The van der Waals surface area contributed by atoms with E-state index < -0.39 is 0 Å². The van der Waals surface area contributed by atoms with Crippen LogP contribution in [-0.2, 0) is 20.9 Å². The molecule has 2 heterocycles. The van der Waals surface area contributed by atoms with Crippen LogP contribution in [0.15, 0.2) is 30.3 Å². The number of hydrogen-bond donors (Lipinski definition) is 0. The molecule has 0 N–H and O–H groups in total. The zero-order valence-electron chi connectivity index (χ0n) is 11.9. The van der Waals surface area contributed by atoms with Gasteiger partial charge in [0.2, 0.25) is 0 Å². The highest BCUT2D eigenvalue weighted by molar-refractivity contribution is 5.89. The third kappa shape index (κ3) is 3.83. The molecule has 1 spiro atoms. The molecule has 2 aliphatic heterocycles. The Morgan fingerprint density at radius 3 is 2.14 bits per heavy atom. The van der Waals surface area contributed by atoms with Crippen molar-refractivity contribution >= 4 is 24.3 Å². The van der Waals surface area contributed by atoms with Crippen molar-refractivity contribution in [3.05, 3.63) is 35.9 Å². The Morgan fingerprint density at radius 1 is 1.00 bits per heavy atom. The fourth-order valence-electron chi connectivity index (χ4n) is 3.25. The van der Waals surface area contributed by atoms with Crippen molar-refractivity contribution in [2.45, 2.75) is 32.2 Å². The quantitative estimate of drug-likeness (QED) is 0.622. The Hall–Kier alpha value is -1.39. The van der Waals surface area contributed by atoms with Crippen LogP contribution in [0.3, 0.4) is 0 Å². The number of cyclic esters (lactones) is 2. The van der Waals surface area contributed by atoms with Gasteiger partial charge in [-0.25, -0.2) is 0 Å². The topological polar surface area (TPSA) is 46.6 Å². The molecule has 2 saturated heterocycles. The van der Waals surface area contributed by atoms with Crippen LogP contribution >= 0.6 is 12.4 Å². The summed E-state index contributed by atoms with van der Waals surface area (Å²) < 4.78 is 4.64. The minimum Gasteiger partial charge on any atom is -0.393 e. The van der Waals surface area contributed by atoms with Gasteiger partial charge in [-0.3, -0.25) is 14.5 Å². The minimum absolute atomic E-state index is 0. The average molecular weight is 310 g/mol. The monoisotopic (exact) mass is 309 g/mol. The summed E-state index contributed by atoms with van der Waals surface area (Å²) in [6.45, 7) is 2.82. The van der Waals surface area contributed by atoms with Gasteiger partial charge in [-0.15, -0.1) is 12.4 Å². The highest BCUT2D eigenvalue weighted by Crippen LogP contribution is 2.41. The summed E-state index contributed by atoms with van der Waals surface area (Å²) in [5.74, 6) is -0.699. The second-order valence-corrected chi connectivity index (χ2v) is 5.96. The molecule has 4 nitrogen and oxygen atoms in total. The average Bonchev–Trinajstić information content (AvgIpc) is 2.42. The lowest BCUT2D eigenvalue weighted by Gasteiger charge is -2.42. The predicted molar refractivity (Wildman–Crippen MR) is 81.0 cm³/mol. The molecule has 0 unspecified atom stereocenters. The molecule has 0 bridgehead atoms. The molecule has 0 atom stereocenters. The molecule has 21 heavy (non-hydrogen) atoms. The summed E-state index contributed by atoms with van der Waals surface area (Å²) in [5, 5.41) is 0. The molecule has 1 aromatic carbocycles. The van der Waals surface area contributed by atoms with Crippen molar-refractivity contribution in [1.29, 1.82) is 0 Å². The van der Waals surface area contributed by atoms with Gasteiger partial charge in [0.15, 0.2) is 0 Å². The van der Waals surface area contributed by atoms with E-state index in [1.807, 2.05) is 6.07 Å². The highest BCUT2D eigenvalue weighted by Gasteiger charge is 2.43. The number of carbonyl (C=O) groups excluding carboxylic acids is 2. The number of rotatable bonds is 2. The van der Waals surface area contributed by atoms with E-state index in [9.17, 15) is 9.59 Å². The summed E-state index contributed by atoms with van der Waals surface area (Å²) in [6, 6.07) is 10.4. The zero-order chi connectivity index (χ0) is 14.0. The molecule has 114 valence electrons. The molecular weight excluding hydrogens is 290 g/mol. The van der Waals surface area contributed by atoms with E-state index >= 15 is 0 Å². The van der Waals surface area contributed by atoms with Crippen molar-refractivity contribution in [1.82, 2.24) is 4.90 Å². The number of hydrogen-bond acceptors (Lipinski definition) is 4. The summed E-state index contributed by atoms with van der Waals surface area (Å²) in [5.41, 5.74) is 1.17. The van der Waals surface area contributed by atoms with Gasteiger partial charge in [-0.05, 0) is 36.9 Å². The first-order valence-electron chi connectivity index (χ1n) is 7.15. The van der Waals surface area contributed by atoms with Crippen LogP contribution < -0.4 is 0 Å². The number of benzene rings is 1. The van der Waals surface area contributed by atoms with E-state index in [1.54, 1.807) is 0 Å². The van der Waals surface area contributed by atoms with Crippen LogP contribution in [0, 0.1) is 5.41 Å². The number of likely N-dealkylation sites (tertiary alicyclic amines) is 1. The molecule has 2 fully saturated rings. The molecule has 0 saturated carbocycles. The molecule has 5 heteroatoms. The van der Waals surface area contributed by atoms with Crippen LogP contribution in [0.5, 0.6) is 0 Å². The summed E-state index contributed by atoms with van der Waals surface area (Å²) in [4.78, 5) is 25.3. The van der Waals surface area contributed by atoms with Crippen LogP contribution in [0.2, 0.25) is 0 Å². The van der Waals surface area contributed by atoms with E-state index in [-0.39, 0.29) is 29.8 Å². The third-order valence-electron chi connectivity index (χ3n) is 4.43. The Morgan fingerprint density at radius 2 is 1.57 bits per heavy atom. The van der Waals surface area contributed by atoms with Gasteiger partial charge in [0.05, 0.1) is 12.8 Å². The van der Waals surface area contributed by atoms with Gasteiger partial charge < -0.3 is 4.74 Å². The summed E-state index contributed by atoms with van der Waals surface area (Å²) in [6.07, 6.45) is 2.61. The fraction of sp³-hybridized carbons (Fsp3) is 0.500. The van der Waals surface area contributed by atoms with Gasteiger partial charge >= 0.3 is 11.9 Å². The fourth-order valence-corrected chi connectivity index (χ4v) is 3.25. The Bertz CT molecular complexity index is 492. The largest absolute Gasteiger partial charge is 0.393 e. The predicted octanol–water partition coefficient (Wildman–Crippen LogP) is 2.55. The van der Waals surface area contributed by atoms with E-state index in [1.165, 1.54) is 5.56 Å². The van der Waals surface area contributed by atoms with Gasteiger partial charge in [0, 0.05) is 6.54 Å². The standard InChI is InChI=1S/C16H19NO3.ClH/c18-14-10-16(11-15(19)20-14)6-8-17(9-7-16)12-13-4-2-1-3-5-13;/h1-5H,6-12H2;1H. The van der Waals surface area contributed by atoms with E-state index in [4.69, 9.17) is 0 Å². The first kappa shape index (κ1) is 16.0. The number of esters is 2. The van der Waals surface area contributed by atoms with Crippen LogP contribution in [0.25, 0.3) is 0 Å². The molecule has 0 amide bonds. The molecule has 0 aromatic heterocycles. The second kappa shape index (κ2) is 6.58. The van der Waals surface area contributed by atoms with E-state index in [2.05, 4.69) is 33.9 Å². The normalized spacial score (nSPS) is 21.7. The highest BCUT2D eigenvalue weighted by atomic mass is 35.5. The van der Waals surface area contributed by atoms with Gasteiger partial charge in [0.25, 0.3) is 0 Å². The lowest BCUT2D eigenvalue weighted by Crippen LogP contribution is -2.45. The smallest absolute Gasteiger partial charge is 0.314 e. The van der Waals surface area contributed by atoms with E-state index in [0.717, 1.165) is 32.5 Å². The second-order valence-electron chi connectivity index (χ2n) is 5.96. The molecular formula is C16H20ClNO3. The number of carbonyl (C=O) groups is 2. The van der Waals surface area contributed by atoms with Crippen molar-refractivity contribution in [2.24, 2.45) is 5.41 Å². The molecule has 1 aromatic rings. The maximum Gasteiger partial charge on any atom is 0.314 e. The Balaban J connectivity index is 0.00000161. The van der Waals surface area contributed by atoms with Crippen LogP contribution in [0.4, 0.5) is 0 Å². The molecule has 2 aliphatic rings. The SMILES string of the molecule is Cl.O=C1CC2(CCN(Cc3ccccc3)CC2)CC(=O)O1. The minimum atomic E-state index is -0.349. The van der Waals surface area contributed by atoms with Crippen LogP contribution in [0.1, 0.15) is 31.2 Å².